The molecular weight excluding hydrogens is 210 g/mol. The Morgan fingerprint density at radius 3 is 2.54 bits per heavy atom. The van der Waals surface area contributed by atoms with Gasteiger partial charge in [0.1, 0.15) is 0 Å². The van der Waals surface area contributed by atoms with Gasteiger partial charge in [0.2, 0.25) is 10.0 Å². The van der Waals surface area contributed by atoms with Crippen molar-refractivity contribution >= 4 is 27.3 Å². The van der Waals surface area contributed by atoms with Crippen molar-refractivity contribution in [1.29, 1.82) is 0 Å². The van der Waals surface area contributed by atoms with Crippen molar-refractivity contribution in [3.8, 4) is 0 Å². The maximum atomic E-state index is 11.2. The number of rotatable bonds is 2. The molecule has 0 atom stereocenters. The van der Waals surface area contributed by atoms with Crippen molar-refractivity contribution < 1.29 is 13.2 Å². The van der Waals surface area contributed by atoms with Gasteiger partial charge in [-0.3, -0.25) is 4.79 Å². The first-order valence-corrected chi connectivity index (χ1v) is 6.23. The maximum Gasteiger partial charge on any atom is 0.265 e. The van der Waals surface area contributed by atoms with Gasteiger partial charge in [-0.25, -0.2) is 13.1 Å². The van der Waals surface area contributed by atoms with Crippen LogP contribution in [0.2, 0.25) is 0 Å². The smallest absolute Gasteiger partial charge is 0.265 e. The Morgan fingerprint density at radius 2 is 2.15 bits per heavy atom. The zero-order valence-corrected chi connectivity index (χ0v) is 8.83. The average molecular weight is 219 g/mol. The normalized spacial score (nSPS) is 11.2. The summed E-state index contributed by atoms with van der Waals surface area (Å²) in [7, 11) is -3.46. The van der Waals surface area contributed by atoms with Crippen molar-refractivity contribution in [2.24, 2.45) is 0 Å². The molecule has 13 heavy (non-hydrogen) atoms. The molecule has 72 valence electrons. The van der Waals surface area contributed by atoms with E-state index in [9.17, 15) is 13.2 Å². The molecule has 0 unspecified atom stereocenters. The summed E-state index contributed by atoms with van der Waals surface area (Å²) in [5.74, 6) is -0.577. The third-order valence-corrected chi connectivity index (χ3v) is 2.69. The van der Waals surface area contributed by atoms with Crippen LogP contribution in [0.25, 0.3) is 0 Å². The summed E-state index contributed by atoms with van der Waals surface area (Å²) < 4.78 is 23.3. The minimum atomic E-state index is -3.46. The molecule has 0 saturated carbocycles. The average Bonchev–Trinajstić information content (AvgIpc) is 2.31. The van der Waals surface area contributed by atoms with Crippen LogP contribution in [-0.4, -0.2) is 20.6 Å². The monoisotopic (exact) mass is 219 g/mol. The number of nitrogens with one attached hydrogen (secondary N) is 1. The summed E-state index contributed by atoms with van der Waals surface area (Å²) >= 11 is 1.40. The number of amides is 1. The van der Waals surface area contributed by atoms with Gasteiger partial charge in [-0.15, -0.1) is 11.3 Å². The van der Waals surface area contributed by atoms with Gasteiger partial charge in [0, 0.05) is 10.3 Å². The Bertz CT molecular complexity index is 419. The minimum absolute atomic E-state index is 0.382. The SMILES string of the molecule is Cc1cc(C(=O)NS(C)(=O)=O)cs1. The van der Waals surface area contributed by atoms with Gasteiger partial charge in [0.15, 0.2) is 0 Å². The molecule has 4 nitrogen and oxygen atoms in total. The van der Waals surface area contributed by atoms with E-state index < -0.39 is 15.9 Å². The molecule has 1 N–H and O–H groups in total. The standard InChI is InChI=1S/C7H9NO3S2/c1-5-3-6(4-12-5)7(9)8-13(2,10)11/h3-4H,1-2H3,(H,8,9). The highest BCUT2D eigenvalue weighted by atomic mass is 32.2. The van der Waals surface area contributed by atoms with Crippen LogP contribution in [0, 0.1) is 6.92 Å². The Labute approximate surface area is 80.6 Å². The minimum Gasteiger partial charge on any atom is -0.268 e. The van der Waals surface area contributed by atoms with E-state index in [1.807, 2.05) is 11.6 Å². The van der Waals surface area contributed by atoms with Crippen molar-refractivity contribution in [1.82, 2.24) is 4.72 Å². The van der Waals surface area contributed by atoms with Gasteiger partial charge in [-0.2, -0.15) is 0 Å². The molecule has 0 aliphatic carbocycles. The van der Waals surface area contributed by atoms with E-state index in [4.69, 9.17) is 0 Å². The summed E-state index contributed by atoms with van der Waals surface area (Å²) in [5.41, 5.74) is 0.382. The Kier molecular flexibility index (Phi) is 2.72. The summed E-state index contributed by atoms with van der Waals surface area (Å²) in [6, 6.07) is 1.64. The molecule has 6 heteroatoms. The van der Waals surface area contributed by atoms with Crippen LogP contribution in [0.1, 0.15) is 15.2 Å². The molecule has 1 aromatic rings. The van der Waals surface area contributed by atoms with Crippen LogP contribution < -0.4 is 4.72 Å². The van der Waals surface area contributed by atoms with Crippen LogP contribution in [0.5, 0.6) is 0 Å². The Balaban J connectivity index is 2.81. The first-order valence-electron chi connectivity index (χ1n) is 3.46. The van der Waals surface area contributed by atoms with Crippen molar-refractivity contribution in [3.63, 3.8) is 0 Å². The molecule has 0 fully saturated rings. The van der Waals surface area contributed by atoms with Crippen LogP contribution in [0.4, 0.5) is 0 Å². The molecule has 0 aromatic carbocycles. The highest BCUT2D eigenvalue weighted by Gasteiger charge is 2.11. The van der Waals surface area contributed by atoms with Gasteiger partial charge >= 0.3 is 0 Å². The summed E-state index contributed by atoms with van der Waals surface area (Å²) in [5, 5.41) is 1.62. The predicted molar refractivity (Wildman–Crippen MR) is 51.4 cm³/mol. The number of hydrogen-bond donors (Lipinski definition) is 1. The zero-order chi connectivity index (χ0) is 10.1. The third-order valence-electron chi connectivity index (χ3n) is 1.27. The lowest BCUT2D eigenvalue weighted by Crippen LogP contribution is -2.28. The van der Waals surface area contributed by atoms with E-state index in [1.165, 1.54) is 11.3 Å². The Hall–Kier alpha value is -0.880. The largest absolute Gasteiger partial charge is 0.268 e. The lowest BCUT2D eigenvalue weighted by molar-refractivity contribution is 0.0982. The van der Waals surface area contributed by atoms with Crippen molar-refractivity contribution in [2.45, 2.75) is 6.92 Å². The predicted octanol–water partition coefficient (Wildman–Crippen LogP) is 0.746. The molecule has 0 spiro atoms. The quantitative estimate of drug-likeness (QED) is 0.798. The number of carbonyl (C=O) groups excluding carboxylic acids is 1. The number of carbonyl (C=O) groups is 1. The maximum absolute atomic E-state index is 11.2. The highest BCUT2D eigenvalue weighted by Crippen LogP contribution is 2.12. The second kappa shape index (κ2) is 3.47. The van der Waals surface area contributed by atoms with E-state index in [1.54, 1.807) is 11.4 Å². The summed E-state index contributed by atoms with van der Waals surface area (Å²) in [6.45, 7) is 1.85. The number of thiophene rings is 1. The van der Waals surface area contributed by atoms with E-state index in [2.05, 4.69) is 0 Å². The fourth-order valence-corrected chi connectivity index (χ4v) is 1.93. The van der Waals surface area contributed by atoms with E-state index in [0.29, 0.717) is 5.56 Å². The molecule has 1 aromatic heterocycles. The number of aryl methyl sites for hydroxylation is 1. The van der Waals surface area contributed by atoms with Crippen LogP contribution >= 0.6 is 11.3 Å². The van der Waals surface area contributed by atoms with E-state index in [0.717, 1.165) is 11.1 Å². The molecule has 1 rings (SSSR count). The summed E-state index contributed by atoms with van der Waals surface area (Å²) in [4.78, 5) is 12.2. The van der Waals surface area contributed by atoms with Crippen LogP contribution in [0.15, 0.2) is 11.4 Å². The third kappa shape index (κ3) is 3.16. The molecular formula is C7H9NO3S2. The second-order valence-electron chi connectivity index (χ2n) is 2.65. The fourth-order valence-electron chi connectivity index (χ4n) is 0.790. The van der Waals surface area contributed by atoms with Crippen molar-refractivity contribution in [2.75, 3.05) is 6.26 Å². The van der Waals surface area contributed by atoms with E-state index >= 15 is 0 Å². The van der Waals surface area contributed by atoms with Gasteiger partial charge in [-0.05, 0) is 13.0 Å². The molecule has 1 amide bonds. The zero-order valence-electron chi connectivity index (χ0n) is 7.20. The van der Waals surface area contributed by atoms with Gasteiger partial charge in [0.25, 0.3) is 5.91 Å². The van der Waals surface area contributed by atoms with Crippen LogP contribution in [0.3, 0.4) is 0 Å². The topological polar surface area (TPSA) is 63.2 Å². The summed E-state index contributed by atoms with van der Waals surface area (Å²) in [6.07, 6.45) is 0.949. The lowest BCUT2D eigenvalue weighted by Gasteiger charge is -1.98. The molecule has 0 radical (unpaired) electrons. The van der Waals surface area contributed by atoms with Crippen LogP contribution in [-0.2, 0) is 10.0 Å². The first-order chi connectivity index (χ1) is 5.88. The first kappa shape index (κ1) is 10.2. The van der Waals surface area contributed by atoms with Crippen molar-refractivity contribution in [3.05, 3.63) is 21.9 Å². The molecule has 0 saturated heterocycles. The Morgan fingerprint density at radius 1 is 1.54 bits per heavy atom. The number of hydrogen-bond acceptors (Lipinski definition) is 4. The highest BCUT2D eigenvalue weighted by molar-refractivity contribution is 7.89. The molecule has 0 aliphatic heterocycles. The van der Waals surface area contributed by atoms with Gasteiger partial charge in [0.05, 0.1) is 11.8 Å². The lowest BCUT2D eigenvalue weighted by atomic mass is 10.3. The molecule has 1 heterocycles. The fraction of sp³-hybridized carbons (Fsp3) is 0.286. The van der Waals surface area contributed by atoms with Gasteiger partial charge < -0.3 is 0 Å². The second-order valence-corrected chi connectivity index (χ2v) is 5.51. The van der Waals surface area contributed by atoms with Gasteiger partial charge in [-0.1, -0.05) is 0 Å². The molecule has 0 aliphatic rings. The van der Waals surface area contributed by atoms with E-state index in [-0.39, 0.29) is 0 Å². The number of sulfonamides is 1. The molecule has 0 bridgehead atoms.